The van der Waals surface area contributed by atoms with Gasteiger partial charge in [-0.15, -0.1) is 4.41 Å². The molecule has 1 atom stereocenters. The van der Waals surface area contributed by atoms with Crippen LogP contribution in [0.5, 0.6) is 0 Å². The van der Waals surface area contributed by atoms with E-state index in [9.17, 15) is 13.2 Å². The second-order valence-corrected chi connectivity index (χ2v) is 10.7. The number of rotatable bonds is 7. The molecule has 2 fully saturated rings. The molecule has 0 spiro atoms. The van der Waals surface area contributed by atoms with Crippen LogP contribution in [0.2, 0.25) is 0 Å². The van der Waals surface area contributed by atoms with Gasteiger partial charge in [-0.1, -0.05) is 17.7 Å². The maximum absolute atomic E-state index is 14.0. The van der Waals surface area contributed by atoms with E-state index >= 15 is 0 Å². The molecule has 1 aromatic carbocycles. The van der Waals surface area contributed by atoms with E-state index < -0.39 is 16.1 Å². The second-order valence-electron chi connectivity index (χ2n) is 8.88. The molecule has 1 N–H and O–H groups in total. The monoisotopic (exact) mass is 471 g/mol. The molecule has 1 aromatic heterocycles. The topological polar surface area (TPSA) is 85.8 Å². The number of nitrogens with one attached hydrogen (secondary N) is 1. The van der Waals surface area contributed by atoms with Gasteiger partial charge in [0.25, 0.3) is 10.0 Å². The molecular formula is C24H33N5O3S. The summed E-state index contributed by atoms with van der Waals surface area (Å²) in [5.74, 6) is -0.114. The van der Waals surface area contributed by atoms with E-state index in [0.717, 1.165) is 37.2 Å². The summed E-state index contributed by atoms with van der Waals surface area (Å²) in [5.41, 5.74) is 2.06. The number of sulfonamides is 1. The van der Waals surface area contributed by atoms with Crippen LogP contribution >= 0.6 is 0 Å². The molecule has 2 aromatic rings. The van der Waals surface area contributed by atoms with Crippen molar-refractivity contribution in [2.24, 2.45) is 5.92 Å². The molecule has 2 saturated heterocycles. The van der Waals surface area contributed by atoms with Crippen molar-refractivity contribution in [2.45, 2.75) is 37.6 Å². The smallest absolute Gasteiger partial charge is 0.256 e. The van der Waals surface area contributed by atoms with Crippen LogP contribution in [0.15, 0.2) is 53.7 Å². The Kier molecular flexibility index (Phi) is 7.43. The summed E-state index contributed by atoms with van der Waals surface area (Å²) in [4.78, 5) is 19.5. The minimum atomic E-state index is -3.90. The van der Waals surface area contributed by atoms with Gasteiger partial charge in [-0.05, 0) is 70.0 Å². The zero-order valence-corrected chi connectivity index (χ0v) is 20.2. The second kappa shape index (κ2) is 10.3. The lowest BCUT2D eigenvalue weighted by Gasteiger charge is -2.45. The zero-order valence-electron chi connectivity index (χ0n) is 19.4. The van der Waals surface area contributed by atoms with E-state index in [2.05, 4.69) is 15.2 Å². The first-order chi connectivity index (χ1) is 15.9. The molecular weight excluding hydrogens is 438 g/mol. The first-order valence-corrected chi connectivity index (χ1v) is 13.0. The van der Waals surface area contributed by atoms with E-state index in [-0.39, 0.29) is 16.6 Å². The number of aromatic nitrogens is 1. The van der Waals surface area contributed by atoms with Crippen molar-refractivity contribution in [3.05, 3.63) is 54.4 Å². The van der Waals surface area contributed by atoms with Crippen LogP contribution in [-0.4, -0.2) is 73.9 Å². The molecule has 1 unspecified atom stereocenters. The third-order valence-corrected chi connectivity index (χ3v) is 8.43. The van der Waals surface area contributed by atoms with Gasteiger partial charge >= 0.3 is 0 Å². The quantitative estimate of drug-likeness (QED) is 0.662. The Labute approximate surface area is 196 Å². The average Bonchev–Trinajstić information content (AvgIpc) is 2.83. The van der Waals surface area contributed by atoms with E-state index in [1.165, 1.54) is 11.3 Å². The number of aryl methyl sites for hydroxylation is 1. The summed E-state index contributed by atoms with van der Waals surface area (Å²) in [7, 11) is -3.90. The van der Waals surface area contributed by atoms with Crippen molar-refractivity contribution in [2.75, 3.05) is 44.2 Å². The highest BCUT2D eigenvalue weighted by Crippen LogP contribution is 2.30. The van der Waals surface area contributed by atoms with Crippen LogP contribution in [0.3, 0.4) is 0 Å². The van der Waals surface area contributed by atoms with Crippen LogP contribution in [0.25, 0.3) is 0 Å². The van der Waals surface area contributed by atoms with Crippen LogP contribution in [0.4, 0.5) is 5.69 Å². The summed E-state index contributed by atoms with van der Waals surface area (Å²) in [6.45, 7) is 7.41. The molecule has 9 heteroatoms. The molecule has 8 nitrogen and oxygen atoms in total. The molecule has 3 heterocycles. The predicted molar refractivity (Wildman–Crippen MR) is 128 cm³/mol. The van der Waals surface area contributed by atoms with Crippen molar-refractivity contribution < 1.29 is 13.2 Å². The number of pyridine rings is 1. The third-order valence-electron chi connectivity index (χ3n) is 6.61. The summed E-state index contributed by atoms with van der Waals surface area (Å²) in [5, 5.41) is 5.20. The van der Waals surface area contributed by atoms with Gasteiger partial charge < -0.3 is 10.2 Å². The van der Waals surface area contributed by atoms with Crippen LogP contribution in [0.1, 0.15) is 25.3 Å². The number of nitrogens with zero attached hydrogens (tertiary/aromatic N) is 4. The number of ketones is 1. The first kappa shape index (κ1) is 23.8. The molecule has 2 aliphatic heterocycles. The molecule has 33 heavy (non-hydrogen) atoms. The number of piperidine rings is 1. The fourth-order valence-corrected chi connectivity index (χ4v) is 6.61. The van der Waals surface area contributed by atoms with E-state index in [1.807, 2.05) is 24.1 Å². The summed E-state index contributed by atoms with van der Waals surface area (Å²) in [6.07, 6.45) is 5.08. The summed E-state index contributed by atoms with van der Waals surface area (Å²) in [6, 6.07) is 10.1. The van der Waals surface area contributed by atoms with Crippen molar-refractivity contribution in [3.63, 3.8) is 0 Å². The normalized spacial score (nSPS) is 19.5. The minimum Gasteiger partial charge on any atom is -0.369 e. The minimum absolute atomic E-state index is 0.0119. The van der Waals surface area contributed by atoms with Crippen molar-refractivity contribution in [1.29, 1.82) is 0 Å². The van der Waals surface area contributed by atoms with Crippen LogP contribution < -0.4 is 10.2 Å². The van der Waals surface area contributed by atoms with E-state index in [4.69, 9.17) is 0 Å². The van der Waals surface area contributed by atoms with Gasteiger partial charge in [-0.25, -0.2) is 13.4 Å². The fraction of sp³-hybridized carbons (Fsp3) is 0.500. The van der Waals surface area contributed by atoms with Gasteiger partial charge in [0.1, 0.15) is 11.8 Å². The average molecular weight is 472 g/mol. The number of piperazine rings is 1. The molecule has 0 radical (unpaired) electrons. The fourth-order valence-electron chi connectivity index (χ4n) is 4.83. The van der Waals surface area contributed by atoms with E-state index in [1.54, 1.807) is 36.7 Å². The SMILES string of the molecule is CC(=O)C(C1CCNCC1)N(N1CCN(c2ccncc2)CC1)S(=O)(=O)c1ccc(C)cc1. The highest BCUT2D eigenvalue weighted by atomic mass is 32.2. The Hall–Kier alpha value is -2.33. The van der Waals surface area contributed by atoms with Crippen molar-refractivity contribution in [3.8, 4) is 0 Å². The number of Topliss-reactive ketones (excluding diaryl/α,β-unsaturated/α-hetero) is 1. The standard InChI is InChI=1S/C24H33N5O3S/c1-19-3-5-23(6-4-19)33(31,32)29(24(20(2)30)21-7-11-25-12-8-21)28-17-15-27(16-18-28)22-9-13-26-14-10-22/h3-6,9-10,13-14,21,24-25H,7-8,11-12,15-18H2,1-2H3. The number of carbonyl (C=O) groups excluding carboxylic acids is 1. The van der Waals surface area contributed by atoms with Gasteiger partial charge in [0.15, 0.2) is 0 Å². The van der Waals surface area contributed by atoms with Gasteiger partial charge in [0, 0.05) is 44.3 Å². The molecule has 178 valence electrons. The number of anilines is 1. The molecule has 0 bridgehead atoms. The Morgan fingerprint density at radius 3 is 2.21 bits per heavy atom. The number of benzene rings is 1. The maximum Gasteiger partial charge on any atom is 0.256 e. The van der Waals surface area contributed by atoms with Crippen molar-refractivity contribution >= 4 is 21.5 Å². The van der Waals surface area contributed by atoms with Gasteiger partial charge in [0.2, 0.25) is 0 Å². The van der Waals surface area contributed by atoms with Gasteiger partial charge in [0.05, 0.1) is 4.90 Å². The Bertz CT molecular complexity index is 1030. The van der Waals surface area contributed by atoms with Crippen LogP contribution in [-0.2, 0) is 14.8 Å². The Morgan fingerprint density at radius 2 is 1.64 bits per heavy atom. The van der Waals surface area contributed by atoms with Crippen LogP contribution in [0, 0.1) is 12.8 Å². The molecule has 2 aliphatic rings. The molecule has 0 saturated carbocycles. The maximum atomic E-state index is 14.0. The predicted octanol–water partition coefficient (Wildman–Crippen LogP) is 2.08. The summed E-state index contributed by atoms with van der Waals surface area (Å²) < 4.78 is 29.4. The van der Waals surface area contributed by atoms with E-state index in [0.29, 0.717) is 26.2 Å². The largest absolute Gasteiger partial charge is 0.369 e. The van der Waals surface area contributed by atoms with Gasteiger partial charge in [-0.3, -0.25) is 9.78 Å². The highest BCUT2D eigenvalue weighted by Gasteiger charge is 2.43. The van der Waals surface area contributed by atoms with Crippen molar-refractivity contribution in [1.82, 2.24) is 19.7 Å². The highest BCUT2D eigenvalue weighted by molar-refractivity contribution is 7.89. The molecule has 4 rings (SSSR count). The zero-order chi connectivity index (χ0) is 23.4. The Morgan fingerprint density at radius 1 is 1.03 bits per heavy atom. The lowest BCUT2D eigenvalue weighted by atomic mass is 9.88. The van der Waals surface area contributed by atoms with Gasteiger partial charge in [-0.2, -0.15) is 0 Å². The first-order valence-electron chi connectivity index (χ1n) is 11.6. The molecule has 0 amide bonds. The lowest BCUT2D eigenvalue weighted by Crippen LogP contribution is -2.62. The third kappa shape index (κ3) is 5.27. The summed E-state index contributed by atoms with van der Waals surface area (Å²) >= 11 is 0. The molecule has 0 aliphatic carbocycles. The number of hydrogen-bond acceptors (Lipinski definition) is 7. The Balaban J connectivity index is 1.66. The number of hydrogen-bond donors (Lipinski definition) is 1. The number of carbonyl (C=O) groups is 1. The number of hydrazine groups is 1. The lowest BCUT2D eigenvalue weighted by molar-refractivity contribution is -0.128.